The van der Waals surface area contributed by atoms with Crippen LogP contribution >= 0.6 is 0 Å². The predicted octanol–water partition coefficient (Wildman–Crippen LogP) is 0.853. The Bertz CT molecular complexity index is 182. The highest BCUT2D eigenvalue weighted by Crippen LogP contribution is 2.20. The summed E-state index contributed by atoms with van der Waals surface area (Å²) in [5.74, 6) is 0.863. The van der Waals surface area contributed by atoms with Crippen LogP contribution in [0.4, 0.5) is 0 Å². The van der Waals surface area contributed by atoms with Crippen LogP contribution in [-0.4, -0.2) is 37.0 Å². The van der Waals surface area contributed by atoms with Crippen LogP contribution in [0, 0.1) is 5.92 Å². The number of likely N-dealkylation sites (tertiary alicyclic amines) is 1. The fraction of sp³-hybridized carbons (Fsp3) is 0.900. The van der Waals surface area contributed by atoms with Crippen LogP contribution < -0.4 is 5.32 Å². The van der Waals surface area contributed by atoms with Crippen molar-refractivity contribution in [1.29, 1.82) is 0 Å². The highest BCUT2D eigenvalue weighted by Gasteiger charge is 2.23. The van der Waals surface area contributed by atoms with E-state index in [0.29, 0.717) is 12.6 Å². The molecule has 0 saturated carbocycles. The number of nitrogens with zero attached hydrogens (tertiary/aromatic N) is 1. The first kappa shape index (κ1) is 10.5. The van der Waals surface area contributed by atoms with E-state index in [0.717, 1.165) is 12.5 Å². The lowest BCUT2D eigenvalue weighted by atomic mass is 9.95. The van der Waals surface area contributed by atoms with Crippen molar-refractivity contribution in [2.45, 2.75) is 32.7 Å². The zero-order valence-electron chi connectivity index (χ0n) is 8.84. The van der Waals surface area contributed by atoms with Crippen LogP contribution in [0.3, 0.4) is 0 Å². The molecule has 2 unspecified atom stereocenters. The van der Waals surface area contributed by atoms with E-state index < -0.39 is 0 Å². The molecule has 3 heteroatoms. The smallest absolute Gasteiger partial charge is 0.233 e. The molecular formula is C10H20N2O. The Morgan fingerprint density at radius 3 is 2.77 bits per heavy atom. The van der Waals surface area contributed by atoms with Crippen molar-refractivity contribution in [3.63, 3.8) is 0 Å². The van der Waals surface area contributed by atoms with Crippen molar-refractivity contribution < 1.29 is 4.79 Å². The van der Waals surface area contributed by atoms with Crippen molar-refractivity contribution in [3.05, 3.63) is 0 Å². The number of amides is 1. The van der Waals surface area contributed by atoms with Crippen LogP contribution in [0.2, 0.25) is 0 Å². The van der Waals surface area contributed by atoms with Gasteiger partial charge in [0.15, 0.2) is 0 Å². The fourth-order valence-electron chi connectivity index (χ4n) is 1.86. The molecule has 0 aliphatic carbocycles. The van der Waals surface area contributed by atoms with E-state index in [1.54, 1.807) is 7.05 Å². The topological polar surface area (TPSA) is 32.3 Å². The van der Waals surface area contributed by atoms with Gasteiger partial charge in [-0.25, -0.2) is 0 Å². The Morgan fingerprint density at radius 2 is 2.15 bits per heavy atom. The third kappa shape index (κ3) is 2.99. The van der Waals surface area contributed by atoms with Crippen LogP contribution in [0.1, 0.15) is 26.7 Å². The molecule has 1 fully saturated rings. The second-order valence-electron chi connectivity index (χ2n) is 4.13. The molecule has 1 saturated heterocycles. The highest BCUT2D eigenvalue weighted by molar-refractivity contribution is 5.77. The standard InChI is InChI=1S/C10H20N2O/c1-8-4-5-9(2)12(6-8)7-10(13)11-3/h8-9H,4-7H2,1-3H3,(H,11,13). The molecule has 1 aliphatic rings. The highest BCUT2D eigenvalue weighted by atomic mass is 16.1. The maximum Gasteiger partial charge on any atom is 0.233 e. The van der Waals surface area contributed by atoms with E-state index in [4.69, 9.17) is 0 Å². The summed E-state index contributed by atoms with van der Waals surface area (Å²) in [4.78, 5) is 13.5. The fourth-order valence-corrected chi connectivity index (χ4v) is 1.86. The molecule has 0 bridgehead atoms. The number of likely N-dealkylation sites (N-methyl/N-ethyl adjacent to an activating group) is 1. The molecule has 0 aromatic heterocycles. The van der Waals surface area contributed by atoms with Gasteiger partial charge >= 0.3 is 0 Å². The Morgan fingerprint density at radius 1 is 1.46 bits per heavy atom. The number of nitrogens with one attached hydrogen (secondary N) is 1. The van der Waals surface area contributed by atoms with Gasteiger partial charge in [-0.05, 0) is 25.7 Å². The van der Waals surface area contributed by atoms with Gasteiger partial charge < -0.3 is 5.32 Å². The summed E-state index contributed by atoms with van der Waals surface area (Å²) < 4.78 is 0. The van der Waals surface area contributed by atoms with Gasteiger partial charge in [-0.2, -0.15) is 0 Å². The molecular weight excluding hydrogens is 164 g/mol. The van der Waals surface area contributed by atoms with E-state index >= 15 is 0 Å². The number of carbonyl (C=O) groups is 1. The van der Waals surface area contributed by atoms with E-state index in [1.807, 2.05) is 0 Å². The van der Waals surface area contributed by atoms with E-state index in [2.05, 4.69) is 24.1 Å². The first-order valence-corrected chi connectivity index (χ1v) is 5.08. The number of carbonyl (C=O) groups excluding carboxylic acids is 1. The van der Waals surface area contributed by atoms with Gasteiger partial charge in [0.05, 0.1) is 6.54 Å². The molecule has 0 aromatic rings. The second kappa shape index (κ2) is 4.61. The first-order chi connectivity index (χ1) is 6.13. The summed E-state index contributed by atoms with van der Waals surface area (Å²) in [5, 5.41) is 2.67. The predicted molar refractivity (Wildman–Crippen MR) is 53.5 cm³/mol. The molecule has 1 N–H and O–H groups in total. The molecule has 76 valence electrons. The molecule has 1 aliphatic heterocycles. The van der Waals surface area contributed by atoms with E-state index in [-0.39, 0.29) is 5.91 Å². The van der Waals surface area contributed by atoms with Gasteiger partial charge in [0.1, 0.15) is 0 Å². The molecule has 0 radical (unpaired) electrons. The molecule has 0 aromatic carbocycles. The number of piperidine rings is 1. The molecule has 0 spiro atoms. The zero-order chi connectivity index (χ0) is 9.84. The minimum Gasteiger partial charge on any atom is -0.358 e. The Balaban J connectivity index is 2.41. The molecule has 1 rings (SSSR count). The summed E-state index contributed by atoms with van der Waals surface area (Å²) in [7, 11) is 1.69. The average molecular weight is 184 g/mol. The molecule has 13 heavy (non-hydrogen) atoms. The molecule has 1 heterocycles. The summed E-state index contributed by atoms with van der Waals surface area (Å²) >= 11 is 0. The quantitative estimate of drug-likeness (QED) is 0.690. The zero-order valence-corrected chi connectivity index (χ0v) is 8.84. The summed E-state index contributed by atoms with van der Waals surface area (Å²) in [5.41, 5.74) is 0. The number of rotatable bonds is 2. The lowest BCUT2D eigenvalue weighted by Crippen LogP contribution is -2.45. The number of hydrogen-bond donors (Lipinski definition) is 1. The van der Waals surface area contributed by atoms with Crippen LogP contribution in [0.5, 0.6) is 0 Å². The van der Waals surface area contributed by atoms with Gasteiger partial charge in [-0.1, -0.05) is 6.92 Å². The van der Waals surface area contributed by atoms with Crippen molar-refractivity contribution in [2.75, 3.05) is 20.1 Å². The van der Waals surface area contributed by atoms with Gasteiger partial charge in [0.2, 0.25) is 5.91 Å². The lowest BCUT2D eigenvalue weighted by Gasteiger charge is -2.36. The normalized spacial score (nSPS) is 30.1. The minimum atomic E-state index is 0.126. The third-order valence-corrected chi connectivity index (χ3v) is 2.87. The van der Waals surface area contributed by atoms with Gasteiger partial charge in [-0.3, -0.25) is 9.69 Å². The SMILES string of the molecule is CNC(=O)CN1CC(C)CCC1C. The van der Waals surface area contributed by atoms with Gasteiger partial charge in [0, 0.05) is 19.6 Å². The van der Waals surface area contributed by atoms with E-state index in [9.17, 15) is 4.79 Å². The summed E-state index contributed by atoms with van der Waals surface area (Å²) in [6.07, 6.45) is 2.52. The summed E-state index contributed by atoms with van der Waals surface area (Å²) in [6, 6.07) is 0.563. The minimum absolute atomic E-state index is 0.126. The van der Waals surface area contributed by atoms with Crippen LogP contribution in [0.15, 0.2) is 0 Å². The van der Waals surface area contributed by atoms with Gasteiger partial charge in [-0.15, -0.1) is 0 Å². The van der Waals surface area contributed by atoms with Crippen molar-refractivity contribution >= 4 is 5.91 Å². The Labute approximate surface area is 80.5 Å². The van der Waals surface area contributed by atoms with Crippen molar-refractivity contribution in [3.8, 4) is 0 Å². The monoisotopic (exact) mass is 184 g/mol. The average Bonchev–Trinajstić information content (AvgIpc) is 2.11. The molecule has 3 nitrogen and oxygen atoms in total. The van der Waals surface area contributed by atoms with E-state index in [1.165, 1.54) is 12.8 Å². The van der Waals surface area contributed by atoms with Gasteiger partial charge in [0.25, 0.3) is 0 Å². The molecule has 1 amide bonds. The summed E-state index contributed by atoms with van der Waals surface area (Å²) in [6.45, 7) is 6.08. The second-order valence-corrected chi connectivity index (χ2v) is 4.13. The van der Waals surface area contributed by atoms with Crippen LogP contribution in [-0.2, 0) is 4.79 Å². The Kier molecular flexibility index (Phi) is 3.72. The van der Waals surface area contributed by atoms with Crippen LogP contribution in [0.25, 0.3) is 0 Å². The largest absolute Gasteiger partial charge is 0.358 e. The first-order valence-electron chi connectivity index (χ1n) is 5.08. The van der Waals surface area contributed by atoms with Crippen molar-refractivity contribution in [1.82, 2.24) is 10.2 Å². The van der Waals surface area contributed by atoms with Crippen molar-refractivity contribution in [2.24, 2.45) is 5.92 Å². The molecule has 2 atom stereocenters. The maximum absolute atomic E-state index is 11.2. The Hall–Kier alpha value is -0.570. The number of hydrogen-bond acceptors (Lipinski definition) is 2. The maximum atomic E-state index is 11.2. The third-order valence-electron chi connectivity index (χ3n) is 2.87. The lowest BCUT2D eigenvalue weighted by molar-refractivity contribution is -0.122.